The lowest BCUT2D eigenvalue weighted by atomic mass is 11.1. The van der Waals surface area contributed by atoms with Crippen LogP contribution in [0.3, 0.4) is 0 Å². The van der Waals surface area contributed by atoms with Crippen LogP contribution in [0.15, 0.2) is 12.5 Å². The molecule has 2 atom stereocenters. The third-order valence-corrected chi connectivity index (χ3v) is 7.32. The molecule has 2 unspecified atom stereocenters. The van der Waals surface area contributed by atoms with Gasteiger partial charge in [-0.05, 0) is 6.58 Å². The minimum absolute atomic E-state index is 0.251. The van der Waals surface area contributed by atoms with E-state index in [1.807, 2.05) is 12.5 Å². The summed E-state index contributed by atoms with van der Waals surface area (Å²) in [6, 6.07) is 0. The fourth-order valence-corrected chi connectivity index (χ4v) is 2.32. The maximum atomic E-state index is 5.13. The molecule has 0 rings (SSSR count). The van der Waals surface area contributed by atoms with Gasteiger partial charge in [0.1, 0.15) is 22.8 Å². The standard InChI is InChI=1S/C4H8O2P2S4/c1-4(5-7(9)11-2)6-8(10)12-3/h1H2,2-3H3/q+2. The van der Waals surface area contributed by atoms with Gasteiger partial charge in [0.05, 0.1) is 0 Å². The lowest BCUT2D eigenvalue weighted by Gasteiger charge is -1.89. The minimum atomic E-state index is -0.923. The fourth-order valence-electron chi connectivity index (χ4n) is 0.257. The van der Waals surface area contributed by atoms with Crippen LogP contribution in [0.5, 0.6) is 0 Å². The monoisotopic (exact) mass is 278 g/mol. The second-order valence-electron chi connectivity index (χ2n) is 1.37. The maximum Gasteiger partial charge on any atom is 0.466 e. The molecule has 0 fully saturated rings. The van der Waals surface area contributed by atoms with Crippen molar-refractivity contribution in [3.63, 3.8) is 0 Å². The van der Waals surface area contributed by atoms with Crippen LogP contribution in [0.25, 0.3) is 0 Å². The van der Waals surface area contributed by atoms with Gasteiger partial charge in [0.25, 0.3) is 0 Å². The van der Waals surface area contributed by atoms with Gasteiger partial charge < -0.3 is 0 Å². The summed E-state index contributed by atoms with van der Waals surface area (Å²) in [5, 5.41) is 0. The van der Waals surface area contributed by atoms with E-state index in [0.717, 1.165) is 0 Å². The van der Waals surface area contributed by atoms with Crippen LogP contribution in [-0.4, -0.2) is 12.5 Å². The predicted molar refractivity (Wildman–Crippen MR) is 66.9 cm³/mol. The van der Waals surface area contributed by atoms with Gasteiger partial charge in [-0.1, -0.05) is 0 Å². The van der Waals surface area contributed by atoms with E-state index in [0.29, 0.717) is 0 Å². The van der Waals surface area contributed by atoms with Crippen LogP contribution < -0.4 is 0 Å². The Hall–Kier alpha value is 1.08. The molecule has 2 nitrogen and oxygen atoms in total. The maximum absolute atomic E-state index is 5.13. The van der Waals surface area contributed by atoms with Crippen molar-refractivity contribution in [3.05, 3.63) is 12.5 Å². The molecule has 0 saturated carbocycles. The summed E-state index contributed by atoms with van der Waals surface area (Å²) >= 11 is 12.8. The topological polar surface area (TPSA) is 18.5 Å². The molecule has 0 bridgehead atoms. The molecule has 0 aliphatic heterocycles. The summed E-state index contributed by atoms with van der Waals surface area (Å²) in [7, 11) is 0. The van der Waals surface area contributed by atoms with Gasteiger partial charge in [0, 0.05) is 12.5 Å². The highest BCUT2D eigenvalue weighted by Crippen LogP contribution is 2.44. The van der Waals surface area contributed by atoms with Crippen LogP contribution in [-0.2, 0) is 32.7 Å². The van der Waals surface area contributed by atoms with E-state index in [2.05, 4.69) is 6.58 Å². The lowest BCUT2D eigenvalue weighted by molar-refractivity contribution is 0.281. The summed E-state index contributed by atoms with van der Waals surface area (Å²) in [5.74, 6) is 0.251. The zero-order valence-corrected chi connectivity index (χ0v) is 11.6. The van der Waals surface area contributed by atoms with Gasteiger partial charge in [0.15, 0.2) is 0 Å². The third-order valence-electron chi connectivity index (χ3n) is 0.651. The first kappa shape index (κ1) is 13.1. The summed E-state index contributed by atoms with van der Waals surface area (Å²) in [4.78, 5) is 0. The summed E-state index contributed by atoms with van der Waals surface area (Å²) < 4.78 is 10.3. The Kier molecular flexibility index (Phi) is 8.15. The van der Waals surface area contributed by atoms with Crippen LogP contribution in [0.2, 0.25) is 0 Å². The minimum Gasteiger partial charge on any atom is -0.222 e. The molecule has 0 heterocycles. The molecular weight excluding hydrogens is 270 g/mol. The van der Waals surface area contributed by atoms with E-state index in [-0.39, 0.29) is 5.95 Å². The van der Waals surface area contributed by atoms with E-state index < -0.39 is 12.3 Å². The average molecular weight is 278 g/mol. The molecule has 0 amide bonds. The molecular formula is C4H8O2P2S4+2. The van der Waals surface area contributed by atoms with Crippen LogP contribution in [0.1, 0.15) is 0 Å². The molecule has 0 N–H and O–H groups in total. The Morgan fingerprint density at radius 1 is 1.17 bits per heavy atom. The van der Waals surface area contributed by atoms with Gasteiger partial charge in [-0.25, -0.2) is 9.05 Å². The highest BCUT2D eigenvalue weighted by molar-refractivity contribution is 8.63. The second-order valence-corrected chi connectivity index (χ2v) is 10.9. The van der Waals surface area contributed by atoms with Crippen molar-refractivity contribution < 1.29 is 9.05 Å². The highest BCUT2D eigenvalue weighted by Gasteiger charge is 2.21. The highest BCUT2D eigenvalue weighted by atomic mass is 32.9. The molecule has 12 heavy (non-hydrogen) atoms. The van der Waals surface area contributed by atoms with Crippen LogP contribution in [0.4, 0.5) is 0 Å². The Morgan fingerprint density at radius 2 is 1.50 bits per heavy atom. The smallest absolute Gasteiger partial charge is 0.222 e. The molecule has 0 spiro atoms. The largest absolute Gasteiger partial charge is 0.466 e. The fraction of sp³-hybridized carbons (Fsp3) is 0.500. The Bertz CT molecular complexity index is 187. The van der Waals surface area contributed by atoms with Crippen LogP contribution >= 0.6 is 35.0 Å². The second kappa shape index (κ2) is 7.48. The predicted octanol–water partition coefficient (Wildman–Crippen LogP) is 3.76. The van der Waals surface area contributed by atoms with E-state index in [1.165, 1.54) is 22.8 Å². The SMILES string of the molecule is C=C(O[P+](=S)SC)O[P+](=S)SC. The summed E-state index contributed by atoms with van der Waals surface area (Å²) in [5.41, 5.74) is 0. The summed E-state index contributed by atoms with van der Waals surface area (Å²) in [6.45, 7) is 3.56. The van der Waals surface area contributed by atoms with Crippen molar-refractivity contribution in [2.45, 2.75) is 0 Å². The van der Waals surface area contributed by atoms with Crippen molar-refractivity contribution in [1.82, 2.24) is 0 Å². The lowest BCUT2D eigenvalue weighted by Crippen LogP contribution is -1.79. The van der Waals surface area contributed by atoms with E-state index in [4.69, 9.17) is 32.7 Å². The van der Waals surface area contributed by atoms with Crippen molar-refractivity contribution in [3.8, 4) is 0 Å². The van der Waals surface area contributed by atoms with Crippen molar-refractivity contribution >= 4 is 58.6 Å². The molecule has 0 aromatic carbocycles. The van der Waals surface area contributed by atoms with E-state index in [9.17, 15) is 0 Å². The molecule has 0 saturated heterocycles. The Morgan fingerprint density at radius 3 is 1.75 bits per heavy atom. The first-order valence-electron chi connectivity index (χ1n) is 2.67. The molecule has 0 aliphatic carbocycles. The average Bonchev–Trinajstić information content (AvgIpc) is 2.03. The molecule has 0 aromatic heterocycles. The van der Waals surface area contributed by atoms with Gasteiger partial charge in [-0.2, -0.15) is 0 Å². The number of hydrogen-bond acceptors (Lipinski definition) is 6. The van der Waals surface area contributed by atoms with E-state index >= 15 is 0 Å². The van der Waals surface area contributed by atoms with E-state index in [1.54, 1.807) is 0 Å². The molecule has 0 aliphatic rings. The summed E-state index contributed by atoms with van der Waals surface area (Å²) in [6.07, 6.45) is 1.93. The Balaban J connectivity index is 3.74. The zero-order valence-electron chi connectivity index (χ0n) is 6.55. The van der Waals surface area contributed by atoms with Crippen molar-refractivity contribution in [2.75, 3.05) is 12.5 Å². The zero-order chi connectivity index (χ0) is 9.56. The van der Waals surface area contributed by atoms with Gasteiger partial charge in [-0.3, -0.25) is 0 Å². The van der Waals surface area contributed by atoms with Crippen LogP contribution in [0, 0.1) is 0 Å². The molecule has 0 aromatic rings. The van der Waals surface area contributed by atoms with Gasteiger partial charge in [0.2, 0.25) is 23.6 Å². The molecule has 68 valence electrons. The number of hydrogen-bond donors (Lipinski definition) is 0. The van der Waals surface area contributed by atoms with Crippen molar-refractivity contribution in [1.29, 1.82) is 0 Å². The third kappa shape index (κ3) is 6.58. The normalized spacial score (nSPS) is 11.8. The first-order valence-corrected chi connectivity index (χ1v) is 10.9. The van der Waals surface area contributed by atoms with Crippen molar-refractivity contribution in [2.24, 2.45) is 0 Å². The van der Waals surface area contributed by atoms with Gasteiger partial charge >= 0.3 is 18.2 Å². The molecule has 8 heteroatoms. The first-order chi connectivity index (χ1) is 5.60. The Labute approximate surface area is 92.4 Å². The number of rotatable bonds is 6. The quantitative estimate of drug-likeness (QED) is 0.540. The van der Waals surface area contributed by atoms with Gasteiger partial charge in [-0.15, -0.1) is 0 Å². The molecule has 0 radical (unpaired) electrons.